The first-order chi connectivity index (χ1) is 14.1. The van der Waals surface area contributed by atoms with Crippen molar-refractivity contribution < 1.29 is 14.3 Å². The molecular weight excluding hydrogens is 362 g/mol. The molecule has 1 aliphatic heterocycles. The fourth-order valence-electron chi connectivity index (χ4n) is 3.77. The van der Waals surface area contributed by atoms with Crippen LogP contribution < -0.4 is 9.47 Å². The van der Waals surface area contributed by atoms with Crippen molar-refractivity contribution in [2.24, 2.45) is 5.92 Å². The first kappa shape index (κ1) is 19.5. The van der Waals surface area contributed by atoms with Crippen LogP contribution in [-0.2, 0) is 4.79 Å². The number of rotatable bonds is 6. The van der Waals surface area contributed by atoms with Crippen LogP contribution >= 0.6 is 0 Å². The van der Waals surface area contributed by atoms with E-state index in [1.807, 2.05) is 60.7 Å². The Morgan fingerprint density at radius 3 is 1.86 bits per heavy atom. The minimum atomic E-state index is 0.127. The molecule has 0 N–H and O–H groups in total. The van der Waals surface area contributed by atoms with Crippen molar-refractivity contribution in [3.05, 3.63) is 70.8 Å². The van der Waals surface area contributed by atoms with Crippen LogP contribution in [-0.4, -0.2) is 44.5 Å². The second kappa shape index (κ2) is 8.66. The molecule has 1 aliphatic carbocycles. The van der Waals surface area contributed by atoms with Crippen LogP contribution in [0.4, 0.5) is 0 Å². The minimum absolute atomic E-state index is 0.127. The van der Waals surface area contributed by atoms with Crippen LogP contribution in [0.3, 0.4) is 0 Å². The molecule has 0 atom stereocenters. The van der Waals surface area contributed by atoms with E-state index in [1.54, 1.807) is 14.2 Å². The van der Waals surface area contributed by atoms with E-state index in [1.165, 1.54) is 12.8 Å². The topological polar surface area (TPSA) is 38.8 Å². The normalized spacial score (nSPS) is 20.3. The van der Waals surface area contributed by atoms with Gasteiger partial charge in [-0.05, 0) is 66.3 Å². The number of ketones is 1. The average molecular weight is 389 g/mol. The molecule has 1 saturated heterocycles. The van der Waals surface area contributed by atoms with Crippen LogP contribution in [0.5, 0.6) is 11.5 Å². The van der Waals surface area contributed by atoms with Gasteiger partial charge in [-0.1, -0.05) is 24.3 Å². The Bertz CT molecular complexity index is 887. The summed E-state index contributed by atoms with van der Waals surface area (Å²) in [6, 6.07) is 15.7. The van der Waals surface area contributed by atoms with E-state index in [9.17, 15) is 4.79 Å². The van der Waals surface area contributed by atoms with Crippen LogP contribution in [0.25, 0.3) is 12.2 Å². The quantitative estimate of drug-likeness (QED) is 0.684. The summed E-state index contributed by atoms with van der Waals surface area (Å²) in [5, 5.41) is 0. The van der Waals surface area contributed by atoms with Crippen molar-refractivity contribution in [3.63, 3.8) is 0 Å². The molecule has 4 rings (SSSR count). The van der Waals surface area contributed by atoms with E-state index < -0.39 is 0 Å². The molecule has 2 aliphatic rings. The van der Waals surface area contributed by atoms with Crippen molar-refractivity contribution in [3.8, 4) is 11.5 Å². The zero-order valence-electron chi connectivity index (χ0n) is 17.1. The highest BCUT2D eigenvalue weighted by Crippen LogP contribution is 2.32. The van der Waals surface area contributed by atoms with Crippen molar-refractivity contribution in [2.45, 2.75) is 12.8 Å². The van der Waals surface area contributed by atoms with Gasteiger partial charge in [0.2, 0.25) is 0 Å². The molecule has 4 heteroatoms. The molecule has 0 radical (unpaired) electrons. The van der Waals surface area contributed by atoms with Gasteiger partial charge in [0.1, 0.15) is 11.5 Å². The molecule has 2 aromatic rings. The first-order valence-electron chi connectivity index (χ1n) is 10.1. The van der Waals surface area contributed by atoms with Crippen molar-refractivity contribution in [1.82, 2.24) is 4.90 Å². The number of nitrogens with zero attached hydrogens (tertiary/aromatic N) is 1. The summed E-state index contributed by atoms with van der Waals surface area (Å²) in [6.45, 7) is 2.45. The van der Waals surface area contributed by atoms with Crippen LogP contribution in [0.2, 0.25) is 0 Å². The predicted octanol–water partition coefficient (Wildman–Crippen LogP) is 4.47. The largest absolute Gasteiger partial charge is 0.497 e. The zero-order valence-corrected chi connectivity index (χ0v) is 17.1. The molecule has 2 aromatic carbocycles. The van der Waals surface area contributed by atoms with E-state index in [-0.39, 0.29) is 5.78 Å². The molecule has 0 bridgehead atoms. The first-order valence-corrected chi connectivity index (χ1v) is 10.1. The SMILES string of the molecule is COc1cccc(C=C2CN(CC3CC3)CC(=Cc3cccc(OC)c3)C2=O)c1. The minimum Gasteiger partial charge on any atom is -0.497 e. The van der Waals surface area contributed by atoms with Gasteiger partial charge < -0.3 is 9.47 Å². The van der Waals surface area contributed by atoms with E-state index in [4.69, 9.17) is 9.47 Å². The van der Waals surface area contributed by atoms with Gasteiger partial charge in [-0.15, -0.1) is 0 Å². The molecule has 29 heavy (non-hydrogen) atoms. The van der Waals surface area contributed by atoms with Gasteiger partial charge in [-0.25, -0.2) is 0 Å². The molecule has 1 saturated carbocycles. The number of piperidine rings is 1. The second-order valence-corrected chi connectivity index (χ2v) is 7.83. The predicted molar refractivity (Wildman–Crippen MR) is 116 cm³/mol. The van der Waals surface area contributed by atoms with Gasteiger partial charge in [0, 0.05) is 30.8 Å². The third-order valence-electron chi connectivity index (χ3n) is 5.45. The average Bonchev–Trinajstić information content (AvgIpc) is 3.55. The summed E-state index contributed by atoms with van der Waals surface area (Å²) in [4.78, 5) is 15.7. The van der Waals surface area contributed by atoms with E-state index in [2.05, 4.69) is 4.90 Å². The summed E-state index contributed by atoms with van der Waals surface area (Å²) >= 11 is 0. The lowest BCUT2D eigenvalue weighted by atomic mass is 9.94. The van der Waals surface area contributed by atoms with Crippen molar-refractivity contribution in [1.29, 1.82) is 0 Å². The Balaban J connectivity index is 1.65. The maximum Gasteiger partial charge on any atom is 0.187 e. The second-order valence-electron chi connectivity index (χ2n) is 7.83. The lowest BCUT2D eigenvalue weighted by Crippen LogP contribution is -2.38. The Labute approximate surface area is 172 Å². The van der Waals surface area contributed by atoms with E-state index in [0.29, 0.717) is 13.1 Å². The summed E-state index contributed by atoms with van der Waals surface area (Å²) in [5.41, 5.74) is 3.64. The number of ether oxygens (including phenoxy) is 2. The van der Waals surface area contributed by atoms with Crippen LogP contribution in [0, 0.1) is 5.92 Å². The van der Waals surface area contributed by atoms with E-state index in [0.717, 1.165) is 46.2 Å². The van der Waals surface area contributed by atoms with Gasteiger partial charge in [-0.3, -0.25) is 9.69 Å². The number of carbonyl (C=O) groups is 1. The third kappa shape index (κ3) is 4.96. The van der Waals surface area contributed by atoms with Gasteiger partial charge in [0.05, 0.1) is 14.2 Å². The molecule has 0 spiro atoms. The summed E-state index contributed by atoms with van der Waals surface area (Å²) in [7, 11) is 3.31. The highest BCUT2D eigenvalue weighted by molar-refractivity contribution is 6.14. The zero-order chi connectivity index (χ0) is 20.2. The summed E-state index contributed by atoms with van der Waals surface area (Å²) in [5.74, 6) is 2.50. The van der Waals surface area contributed by atoms with Gasteiger partial charge >= 0.3 is 0 Å². The molecule has 2 fully saturated rings. The Morgan fingerprint density at radius 2 is 1.41 bits per heavy atom. The van der Waals surface area contributed by atoms with Gasteiger partial charge in [-0.2, -0.15) is 0 Å². The lowest BCUT2D eigenvalue weighted by Gasteiger charge is -2.30. The number of hydrogen-bond donors (Lipinski definition) is 0. The molecule has 150 valence electrons. The smallest absolute Gasteiger partial charge is 0.187 e. The highest BCUT2D eigenvalue weighted by Gasteiger charge is 2.30. The molecular formula is C25H27NO3. The summed E-state index contributed by atoms with van der Waals surface area (Å²) < 4.78 is 10.7. The fourth-order valence-corrected chi connectivity index (χ4v) is 3.77. The maximum atomic E-state index is 13.3. The highest BCUT2D eigenvalue weighted by atomic mass is 16.5. The summed E-state index contributed by atoms with van der Waals surface area (Å²) in [6.07, 6.45) is 6.61. The number of benzene rings is 2. The third-order valence-corrected chi connectivity index (χ3v) is 5.45. The van der Waals surface area contributed by atoms with E-state index >= 15 is 0 Å². The van der Waals surface area contributed by atoms with Crippen LogP contribution in [0.1, 0.15) is 24.0 Å². The van der Waals surface area contributed by atoms with Crippen LogP contribution in [0.15, 0.2) is 59.7 Å². The monoisotopic (exact) mass is 389 g/mol. The van der Waals surface area contributed by atoms with Gasteiger partial charge in [0.15, 0.2) is 5.78 Å². The molecule has 1 heterocycles. The van der Waals surface area contributed by atoms with Gasteiger partial charge in [0.25, 0.3) is 0 Å². The Hall–Kier alpha value is -2.85. The van der Waals surface area contributed by atoms with Crippen molar-refractivity contribution in [2.75, 3.05) is 33.9 Å². The number of hydrogen-bond acceptors (Lipinski definition) is 4. The molecule has 0 unspecified atom stereocenters. The molecule has 0 aromatic heterocycles. The number of likely N-dealkylation sites (tertiary alicyclic amines) is 1. The number of methoxy groups -OCH3 is 2. The fraction of sp³-hybridized carbons (Fsp3) is 0.320. The number of Topliss-reactive ketones (excluding diaryl/α,β-unsaturated/α-hetero) is 1. The standard InChI is InChI=1S/C25H27NO3/c1-28-23-7-3-5-19(13-23)11-21-16-26(15-18-9-10-18)17-22(25(21)27)12-20-6-4-8-24(14-20)29-2/h3-8,11-14,18H,9-10,15-17H2,1-2H3. The Kier molecular flexibility index (Phi) is 5.81. The lowest BCUT2D eigenvalue weighted by molar-refractivity contribution is -0.113. The number of carbonyl (C=O) groups excluding carboxylic acids is 1. The molecule has 0 amide bonds. The van der Waals surface area contributed by atoms with Crippen molar-refractivity contribution >= 4 is 17.9 Å². The maximum absolute atomic E-state index is 13.3. The molecule has 4 nitrogen and oxygen atoms in total. The Morgan fingerprint density at radius 1 is 0.897 bits per heavy atom.